The van der Waals surface area contributed by atoms with Gasteiger partial charge in [-0.2, -0.15) is 11.8 Å². The maximum atomic E-state index is 12.3. The molecule has 0 atom stereocenters. The van der Waals surface area contributed by atoms with E-state index in [4.69, 9.17) is 5.11 Å². The van der Waals surface area contributed by atoms with E-state index in [1.807, 2.05) is 11.8 Å². The third kappa shape index (κ3) is 4.38. The van der Waals surface area contributed by atoms with Crippen molar-refractivity contribution in [3.8, 4) is 0 Å². The second-order valence-electron chi connectivity index (χ2n) is 6.83. The van der Waals surface area contributed by atoms with Crippen LogP contribution >= 0.6 is 11.8 Å². The Morgan fingerprint density at radius 1 is 1.05 bits per heavy atom. The van der Waals surface area contributed by atoms with Gasteiger partial charge < -0.3 is 10.4 Å². The van der Waals surface area contributed by atoms with E-state index in [1.165, 1.54) is 25.7 Å². The number of amides is 1. The molecule has 2 saturated carbocycles. The molecule has 0 saturated heterocycles. The van der Waals surface area contributed by atoms with E-state index in [2.05, 4.69) is 11.6 Å². The first-order valence-electron chi connectivity index (χ1n) is 8.03. The van der Waals surface area contributed by atoms with Crippen LogP contribution in [0.4, 0.5) is 0 Å². The Kier molecular flexibility index (Phi) is 5.58. The van der Waals surface area contributed by atoms with E-state index in [0.29, 0.717) is 6.42 Å². The average Bonchev–Trinajstić information content (AvgIpc) is 2.37. The van der Waals surface area contributed by atoms with Gasteiger partial charge >= 0.3 is 5.97 Å². The number of nitrogens with one attached hydrogen (secondary N) is 1. The lowest BCUT2D eigenvalue weighted by Gasteiger charge is -2.41. The maximum Gasteiger partial charge on any atom is 0.303 e. The van der Waals surface area contributed by atoms with Crippen LogP contribution in [0.25, 0.3) is 0 Å². The summed E-state index contributed by atoms with van der Waals surface area (Å²) < 4.78 is 0.238. The zero-order valence-electron chi connectivity index (χ0n) is 13.0. The van der Waals surface area contributed by atoms with Gasteiger partial charge in [-0.25, -0.2) is 0 Å². The fraction of sp³-hybridized carbons (Fsp3) is 0.875. The molecule has 0 aromatic heterocycles. The zero-order chi connectivity index (χ0) is 15.3. The van der Waals surface area contributed by atoms with Gasteiger partial charge in [0.25, 0.3) is 0 Å². The van der Waals surface area contributed by atoms with Gasteiger partial charge in [-0.1, -0.05) is 25.7 Å². The van der Waals surface area contributed by atoms with Crippen molar-refractivity contribution in [2.75, 3.05) is 12.8 Å². The molecule has 2 rings (SSSR count). The fourth-order valence-corrected chi connectivity index (χ4v) is 4.64. The van der Waals surface area contributed by atoms with Crippen LogP contribution in [-0.2, 0) is 9.59 Å². The van der Waals surface area contributed by atoms with E-state index in [0.717, 1.165) is 32.2 Å². The van der Waals surface area contributed by atoms with Crippen molar-refractivity contribution in [3.05, 3.63) is 0 Å². The van der Waals surface area contributed by atoms with Gasteiger partial charge in [-0.15, -0.1) is 0 Å². The largest absolute Gasteiger partial charge is 0.481 e. The van der Waals surface area contributed by atoms with Gasteiger partial charge in [-0.3, -0.25) is 9.59 Å². The van der Waals surface area contributed by atoms with E-state index in [-0.39, 0.29) is 22.5 Å². The molecule has 1 amide bonds. The predicted molar refractivity (Wildman–Crippen MR) is 85.5 cm³/mol. The van der Waals surface area contributed by atoms with Crippen molar-refractivity contribution in [3.63, 3.8) is 0 Å². The van der Waals surface area contributed by atoms with Gasteiger partial charge in [0.2, 0.25) is 5.91 Å². The van der Waals surface area contributed by atoms with Gasteiger partial charge in [0.1, 0.15) is 0 Å². The van der Waals surface area contributed by atoms with Crippen molar-refractivity contribution >= 4 is 23.6 Å². The Labute approximate surface area is 131 Å². The molecular weight excluding hydrogens is 286 g/mol. The fourth-order valence-electron chi connectivity index (χ4n) is 3.73. The Bertz CT molecular complexity index is 381. The number of hydrogen-bond acceptors (Lipinski definition) is 3. The van der Waals surface area contributed by atoms with Crippen molar-refractivity contribution in [2.24, 2.45) is 5.41 Å². The Morgan fingerprint density at radius 3 is 2.19 bits per heavy atom. The molecule has 0 unspecified atom stereocenters. The van der Waals surface area contributed by atoms with Crippen LogP contribution in [0, 0.1) is 5.41 Å². The smallest absolute Gasteiger partial charge is 0.303 e. The summed E-state index contributed by atoms with van der Waals surface area (Å²) in [5, 5.41) is 12.2. The summed E-state index contributed by atoms with van der Waals surface area (Å²) in [7, 11) is 0. The highest BCUT2D eigenvalue weighted by molar-refractivity contribution is 8.00. The second-order valence-corrected chi connectivity index (χ2v) is 8.10. The number of thioether (sulfide) groups is 1. The molecule has 0 bridgehead atoms. The minimum absolute atomic E-state index is 0.0403. The lowest BCUT2D eigenvalue weighted by molar-refractivity contribution is -0.141. The van der Waals surface area contributed by atoms with Crippen LogP contribution in [0.15, 0.2) is 0 Å². The van der Waals surface area contributed by atoms with E-state index in [1.54, 1.807) is 0 Å². The summed E-state index contributed by atoms with van der Waals surface area (Å²) >= 11 is 1.85. The van der Waals surface area contributed by atoms with Crippen LogP contribution in [0.2, 0.25) is 0 Å². The molecule has 21 heavy (non-hydrogen) atoms. The molecule has 5 heteroatoms. The molecule has 2 aliphatic rings. The Morgan fingerprint density at radius 2 is 1.71 bits per heavy atom. The Hall–Kier alpha value is -0.710. The second kappa shape index (κ2) is 7.03. The van der Waals surface area contributed by atoms with E-state index >= 15 is 0 Å². The third-order valence-corrected chi connectivity index (χ3v) is 6.70. The zero-order valence-corrected chi connectivity index (χ0v) is 13.8. The van der Waals surface area contributed by atoms with E-state index < -0.39 is 5.97 Å². The van der Waals surface area contributed by atoms with Crippen molar-refractivity contribution < 1.29 is 14.7 Å². The van der Waals surface area contributed by atoms with Gasteiger partial charge in [0, 0.05) is 17.7 Å². The Balaban J connectivity index is 1.87. The highest BCUT2D eigenvalue weighted by Gasteiger charge is 2.39. The van der Waals surface area contributed by atoms with Gasteiger partial charge in [0.05, 0.1) is 6.42 Å². The molecule has 2 aliphatic carbocycles. The SMILES string of the molecule is CSC1(CNC(=O)CC2(CC(=O)O)CCCCC2)CCC1. The maximum absolute atomic E-state index is 12.3. The highest BCUT2D eigenvalue weighted by atomic mass is 32.2. The summed E-state index contributed by atoms with van der Waals surface area (Å²) in [5.74, 6) is -0.734. The van der Waals surface area contributed by atoms with E-state index in [9.17, 15) is 9.59 Å². The molecule has 2 N–H and O–H groups in total. The average molecular weight is 313 g/mol. The molecule has 4 nitrogen and oxygen atoms in total. The number of carboxylic acids is 1. The minimum atomic E-state index is -0.774. The predicted octanol–water partition coefficient (Wildman–Crippen LogP) is 3.20. The van der Waals surface area contributed by atoms with Gasteiger partial charge in [0.15, 0.2) is 0 Å². The first-order valence-corrected chi connectivity index (χ1v) is 9.25. The molecule has 0 aliphatic heterocycles. The number of hydrogen-bond donors (Lipinski definition) is 2. The monoisotopic (exact) mass is 313 g/mol. The summed E-state index contributed by atoms with van der Waals surface area (Å²) in [6.45, 7) is 0.732. The number of carbonyl (C=O) groups excluding carboxylic acids is 1. The lowest BCUT2D eigenvalue weighted by atomic mass is 9.69. The van der Waals surface area contributed by atoms with Crippen LogP contribution in [0.1, 0.15) is 64.2 Å². The molecular formula is C16H27NO3S. The number of rotatable bonds is 7. The molecule has 0 heterocycles. The van der Waals surface area contributed by atoms with Crippen LogP contribution in [0.3, 0.4) is 0 Å². The summed E-state index contributed by atoms with van der Waals surface area (Å²) in [5.41, 5.74) is -0.305. The first-order chi connectivity index (χ1) is 9.99. The highest BCUT2D eigenvalue weighted by Crippen LogP contribution is 2.43. The number of aliphatic carboxylic acids is 1. The lowest BCUT2D eigenvalue weighted by Crippen LogP contribution is -2.46. The van der Waals surface area contributed by atoms with Crippen LogP contribution in [-0.4, -0.2) is 34.5 Å². The molecule has 2 fully saturated rings. The number of carbonyl (C=O) groups is 2. The quantitative estimate of drug-likeness (QED) is 0.757. The van der Waals surface area contributed by atoms with Gasteiger partial charge in [-0.05, 0) is 37.4 Å². The number of carboxylic acid groups (broad SMARTS) is 1. The molecule has 0 aromatic rings. The topological polar surface area (TPSA) is 66.4 Å². The molecule has 0 spiro atoms. The molecule has 0 aromatic carbocycles. The van der Waals surface area contributed by atoms with Crippen LogP contribution < -0.4 is 5.32 Å². The normalized spacial score (nSPS) is 23.1. The summed E-state index contributed by atoms with van der Waals surface area (Å²) in [6, 6.07) is 0. The standard InChI is InChI=1S/C16H27NO3S/c1-21-16(8-5-9-16)12-17-13(18)10-15(11-14(19)20)6-3-2-4-7-15/h2-12H2,1H3,(H,17,18)(H,19,20). The summed E-state index contributed by atoms with van der Waals surface area (Å²) in [6.07, 6.45) is 11.2. The first kappa shape index (κ1) is 16.7. The van der Waals surface area contributed by atoms with Crippen LogP contribution in [0.5, 0.6) is 0 Å². The summed E-state index contributed by atoms with van der Waals surface area (Å²) in [4.78, 5) is 23.4. The van der Waals surface area contributed by atoms with Crippen molar-refractivity contribution in [1.29, 1.82) is 0 Å². The molecule has 120 valence electrons. The van der Waals surface area contributed by atoms with Crippen molar-refractivity contribution in [2.45, 2.75) is 69.0 Å². The van der Waals surface area contributed by atoms with Crippen molar-refractivity contribution in [1.82, 2.24) is 5.32 Å². The molecule has 0 radical (unpaired) electrons. The minimum Gasteiger partial charge on any atom is -0.481 e. The third-order valence-electron chi connectivity index (χ3n) is 5.28.